The molecule has 2 rings (SSSR count). The van der Waals surface area contributed by atoms with E-state index in [0.717, 1.165) is 0 Å². The Morgan fingerprint density at radius 3 is 1.75 bits per heavy atom. The van der Waals surface area contributed by atoms with E-state index in [9.17, 15) is 19.5 Å². The molecule has 28 heavy (non-hydrogen) atoms. The van der Waals surface area contributed by atoms with E-state index in [-0.39, 0.29) is 18.0 Å². The zero-order valence-electron chi connectivity index (χ0n) is 16.7. The summed E-state index contributed by atoms with van der Waals surface area (Å²) >= 11 is 11.8. The fourth-order valence-corrected chi connectivity index (χ4v) is 3.24. The van der Waals surface area contributed by atoms with E-state index in [1.807, 2.05) is 0 Å². The van der Waals surface area contributed by atoms with Gasteiger partial charge in [0.05, 0.1) is 13.2 Å². The van der Waals surface area contributed by atoms with Gasteiger partial charge < -0.3 is 24.4 Å². The van der Waals surface area contributed by atoms with E-state index >= 15 is 0 Å². The van der Waals surface area contributed by atoms with Gasteiger partial charge in [-0.2, -0.15) is 0 Å². The first-order valence-electron chi connectivity index (χ1n) is 9.49. The van der Waals surface area contributed by atoms with E-state index < -0.39 is 9.93 Å². The van der Waals surface area contributed by atoms with Gasteiger partial charge in [-0.3, -0.25) is 4.79 Å². The third-order valence-electron chi connectivity index (χ3n) is 4.78. The number of piperidine rings is 2. The molecule has 10 heteroatoms. The molecule has 8 nitrogen and oxygen atoms in total. The molecule has 0 aromatic heterocycles. The van der Waals surface area contributed by atoms with Crippen LogP contribution < -0.4 is 0 Å². The van der Waals surface area contributed by atoms with Crippen molar-refractivity contribution in [1.29, 1.82) is 0 Å². The van der Waals surface area contributed by atoms with Crippen LogP contribution in [0.2, 0.25) is 0 Å². The number of carbonyl (C=O) groups is 3. The fraction of sp³-hybridized carbons (Fsp3) is 0.833. The summed E-state index contributed by atoms with van der Waals surface area (Å²) in [4.78, 5) is 36.4. The molecule has 1 N–H and O–H groups in total. The quantitative estimate of drug-likeness (QED) is 0.677. The molecule has 2 aliphatic heterocycles. The van der Waals surface area contributed by atoms with Crippen LogP contribution in [0.5, 0.6) is 0 Å². The molecule has 0 unspecified atom stereocenters. The molecule has 2 heterocycles. The smallest absolute Gasteiger partial charge is 0.409 e. The number of Topliss-reactive ketones (excluding diaryl/α,β-unsaturated/α-hetero) is 1. The van der Waals surface area contributed by atoms with Crippen molar-refractivity contribution in [3.63, 3.8) is 0 Å². The maximum absolute atomic E-state index is 11.4. The molecular weight excluding hydrogens is 411 g/mol. The van der Waals surface area contributed by atoms with Crippen LogP contribution in [0.4, 0.5) is 9.59 Å². The first-order chi connectivity index (χ1) is 13.0. The number of alkyl halides is 2. The zero-order valence-corrected chi connectivity index (χ0v) is 18.2. The van der Waals surface area contributed by atoms with Crippen LogP contribution in [0.15, 0.2) is 0 Å². The number of ketones is 1. The van der Waals surface area contributed by atoms with Crippen molar-refractivity contribution in [2.45, 2.75) is 56.4 Å². The summed E-state index contributed by atoms with van der Waals surface area (Å²) in [6.07, 6.45) is 1.00. The van der Waals surface area contributed by atoms with Crippen LogP contribution in [0.3, 0.4) is 0 Å². The molecule has 0 radical (unpaired) electrons. The van der Waals surface area contributed by atoms with Crippen molar-refractivity contribution in [3.8, 4) is 0 Å². The molecule has 2 fully saturated rings. The van der Waals surface area contributed by atoms with E-state index in [4.69, 9.17) is 32.7 Å². The van der Waals surface area contributed by atoms with Crippen molar-refractivity contribution >= 4 is 41.2 Å². The largest absolute Gasteiger partial charge is 0.450 e. The molecule has 0 atom stereocenters. The highest BCUT2D eigenvalue weighted by Gasteiger charge is 2.47. The van der Waals surface area contributed by atoms with Gasteiger partial charge in [0.2, 0.25) is 0 Å². The fourth-order valence-electron chi connectivity index (χ4n) is 2.87. The monoisotopic (exact) mass is 440 g/mol. The zero-order chi connectivity index (χ0) is 21.4. The Bertz CT molecular complexity index is 535. The highest BCUT2D eigenvalue weighted by molar-refractivity contribution is 6.49. The Morgan fingerprint density at radius 1 is 1.00 bits per heavy atom. The van der Waals surface area contributed by atoms with Crippen LogP contribution in [-0.4, -0.2) is 82.2 Å². The van der Waals surface area contributed by atoms with Gasteiger partial charge in [-0.25, -0.2) is 9.59 Å². The summed E-state index contributed by atoms with van der Waals surface area (Å²) in [7, 11) is 0. The van der Waals surface area contributed by atoms with Gasteiger partial charge >= 0.3 is 12.2 Å². The van der Waals surface area contributed by atoms with Crippen molar-refractivity contribution in [3.05, 3.63) is 0 Å². The average Bonchev–Trinajstić information content (AvgIpc) is 2.63. The lowest BCUT2D eigenvalue weighted by Gasteiger charge is -2.42. The van der Waals surface area contributed by atoms with E-state index in [1.54, 1.807) is 30.6 Å². The Morgan fingerprint density at radius 2 is 1.39 bits per heavy atom. The molecule has 2 aliphatic rings. The van der Waals surface area contributed by atoms with E-state index in [2.05, 4.69) is 0 Å². The van der Waals surface area contributed by atoms with Crippen LogP contribution in [0.1, 0.15) is 46.5 Å². The molecule has 0 bridgehead atoms. The SMILES string of the molecule is CCOC(=O)N1CCC(=O)CC1.CCOC(=O)N1CCC(O)(C(C)(Cl)Cl)CC1. The summed E-state index contributed by atoms with van der Waals surface area (Å²) in [6, 6.07) is 0. The normalized spacial score (nSPS) is 19.4. The molecule has 0 aromatic rings. The van der Waals surface area contributed by atoms with Crippen LogP contribution in [0, 0.1) is 0 Å². The summed E-state index contributed by atoms with van der Waals surface area (Å²) < 4.78 is 8.47. The lowest BCUT2D eigenvalue weighted by atomic mass is 9.88. The van der Waals surface area contributed by atoms with E-state index in [1.165, 1.54) is 0 Å². The van der Waals surface area contributed by atoms with Crippen LogP contribution in [0.25, 0.3) is 0 Å². The second-order valence-electron chi connectivity index (χ2n) is 6.83. The number of hydrogen-bond acceptors (Lipinski definition) is 6. The number of hydrogen-bond donors (Lipinski definition) is 1. The highest BCUT2D eigenvalue weighted by atomic mass is 35.5. The molecule has 0 spiro atoms. The Labute approximate surface area is 176 Å². The van der Waals surface area contributed by atoms with E-state index in [0.29, 0.717) is 65.1 Å². The molecule has 2 amide bonds. The molecule has 162 valence electrons. The third kappa shape index (κ3) is 7.29. The Kier molecular flexibility index (Phi) is 9.80. The Balaban J connectivity index is 0.000000292. The second kappa shape index (κ2) is 11.1. The number of ether oxygens (including phenoxy) is 2. The third-order valence-corrected chi connectivity index (χ3v) is 5.48. The van der Waals surface area contributed by atoms with Gasteiger partial charge in [0, 0.05) is 39.0 Å². The lowest BCUT2D eigenvalue weighted by Crippen LogP contribution is -2.54. The maximum atomic E-state index is 11.4. The average molecular weight is 441 g/mol. The maximum Gasteiger partial charge on any atom is 0.409 e. The number of aliphatic hydroxyl groups is 1. The first kappa shape index (κ1) is 24.8. The minimum Gasteiger partial charge on any atom is -0.450 e. The van der Waals surface area contributed by atoms with Crippen molar-refractivity contribution in [2.24, 2.45) is 0 Å². The molecule has 2 saturated heterocycles. The van der Waals surface area contributed by atoms with Crippen LogP contribution in [-0.2, 0) is 14.3 Å². The van der Waals surface area contributed by atoms with Gasteiger partial charge in [0.1, 0.15) is 15.7 Å². The molecule has 0 aromatic carbocycles. The van der Waals surface area contributed by atoms with Gasteiger partial charge in [-0.1, -0.05) is 23.2 Å². The number of likely N-dealkylation sites (tertiary alicyclic amines) is 2. The molecule has 0 saturated carbocycles. The van der Waals surface area contributed by atoms with Crippen LogP contribution >= 0.6 is 23.2 Å². The Hall–Kier alpha value is -1.25. The van der Waals surface area contributed by atoms with Crippen molar-refractivity contribution < 1.29 is 29.0 Å². The number of rotatable bonds is 3. The van der Waals surface area contributed by atoms with Gasteiger partial charge in [0.25, 0.3) is 0 Å². The minimum atomic E-state index is -1.20. The van der Waals surface area contributed by atoms with Crippen molar-refractivity contribution in [1.82, 2.24) is 9.80 Å². The highest BCUT2D eigenvalue weighted by Crippen LogP contribution is 2.40. The topological polar surface area (TPSA) is 96.4 Å². The lowest BCUT2D eigenvalue weighted by molar-refractivity contribution is -0.121. The predicted molar refractivity (Wildman–Crippen MR) is 106 cm³/mol. The van der Waals surface area contributed by atoms with Crippen molar-refractivity contribution in [2.75, 3.05) is 39.4 Å². The van der Waals surface area contributed by atoms with Gasteiger partial charge in [0.15, 0.2) is 0 Å². The number of carbonyl (C=O) groups excluding carboxylic acids is 3. The summed E-state index contributed by atoms with van der Waals surface area (Å²) in [6.45, 7) is 7.67. The number of halogens is 2. The number of amides is 2. The summed E-state index contributed by atoms with van der Waals surface area (Å²) in [5, 5.41) is 10.2. The first-order valence-corrected chi connectivity index (χ1v) is 10.2. The number of nitrogens with zero attached hydrogens (tertiary/aromatic N) is 2. The standard InChI is InChI=1S/C10H17Cl2NO3.C8H13NO3/c1-3-16-8(14)13-6-4-10(15,5-7-13)9(2,11)12;1-2-12-8(11)9-5-3-7(10)4-6-9/h15H,3-7H2,1-2H3;2-6H2,1H3. The summed E-state index contributed by atoms with van der Waals surface area (Å²) in [5.74, 6) is 0.232. The van der Waals surface area contributed by atoms with Gasteiger partial charge in [-0.15, -0.1) is 0 Å². The second-order valence-corrected chi connectivity index (χ2v) is 8.54. The predicted octanol–water partition coefficient (Wildman–Crippen LogP) is 2.97. The minimum absolute atomic E-state index is 0.232. The molecular formula is C18H30Cl2N2O6. The van der Waals surface area contributed by atoms with Gasteiger partial charge in [-0.05, 0) is 33.6 Å². The summed E-state index contributed by atoms with van der Waals surface area (Å²) in [5.41, 5.74) is -1.14. The molecule has 0 aliphatic carbocycles.